The lowest BCUT2D eigenvalue weighted by molar-refractivity contribution is -0.137. The van der Waals surface area contributed by atoms with Crippen LogP contribution in [-0.2, 0) is 11.0 Å². The number of hydrogen-bond acceptors (Lipinski definition) is 4. The summed E-state index contributed by atoms with van der Waals surface area (Å²) in [5, 5.41) is 12.2. The minimum atomic E-state index is -4.42. The van der Waals surface area contributed by atoms with Gasteiger partial charge in [-0.2, -0.15) is 18.4 Å². The lowest BCUT2D eigenvalue weighted by Crippen LogP contribution is -2.14. The summed E-state index contributed by atoms with van der Waals surface area (Å²) in [5.41, 5.74) is 1.42. The van der Waals surface area contributed by atoms with Crippen LogP contribution in [0.1, 0.15) is 22.4 Å². The van der Waals surface area contributed by atoms with Crippen molar-refractivity contribution in [3.8, 4) is 6.07 Å². The maximum absolute atomic E-state index is 12.5. The van der Waals surface area contributed by atoms with Crippen molar-refractivity contribution in [2.24, 2.45) is 0 Å². The number of halogens is 3. The summed E-state index contributed by atoms with van der Waals surface area (Å²) < 4.78 is 37.5. The molecule has 1 aromatic heterocycles. The first-order valence-corrected chi connectivity index (χ1v) is 8.17. The maximum Gasteiger partial charge on any atom is 0.416 e. The summed E-state index contributed by atoms with van der Waals surface area (Å²) in [6.07, 6.45) is -4.42. The van der Waals surface area contributed by atoms with Crippen LogP contribution in [0.2, 0.25) is 0 Å². The molecule has 0 radical (unpaired) electrons. The van der Waals surface area contributed by atoms with Gasteiger partial charge in [0.1, 0.15) is 11.1 Å². The third-order valence-corrected chi connectivity index (χ3v) is 4.23. The Morgan fingerprint density at radius 2 is 1.92 bits per heavy atom. The van der Waals surface area contributed by atoms with E-state index in [0.717, 1.165) is 35.2 Å². The molecule has 0 aliphatic rings. The second-order valence-corrected chi connectivity index (χ2v) is 6.25. The molecule has 0 unspecified atom stereocenters. The van der Waals surface area contributed by atoms with Gasteiger partial charge in [-0.25, -0.2) is 4.98 Å². The van der Waals surface area contributed by atoms with Crippen molar-refractivity contribution in [2.45, 2.75) is 25.0 Å². The average molecular weight is 365 g/mol. The van der Waals surface area contributed by atoms with E-state index >= 15 is 0 Å². The molecule has 25 heavy (non-hydrogen) atoms. The van der Waals surface area contributed by atoms with Crippen molar-refractivity contribution in [1.29, 1.82) is 5.26 Å². The van der Waals surface area contributed by atoms with Crippen LogP contribution in [0.25, 0.3) is 0 Å². The van der Waals surface area contributed by atoms with Crippen molar-refractivity contribution in [3.63, 3.8) is 0 Å². The molecule has 0 atom stereocenters. The van der Waals surface area contributed by atoms with Crippen LogP contribution in [0.15, 0.2) is 35.4 Å². The number of aromatic nitrogens is 1. The highest BCUT2D eigenvalue weighted by Crippen LogP contribution is 2.30. The number of amides is 1. The fourth-order valence-electron chi connectivity index (χ4n) is 2.12. The number of nitriles is 1. The summed E-state index contributed by atoms with van der Waals surface area (Å²) in [4.78, 5) is 16.2. The van der Waals surface area contributed by atoms with Crippen LogP contribution < -0.4 is 5.32 Å². The molecule has 1 amide bonds. The molecule has 1 heterocycles. The Hall–Kier alpha value is -2.53. The van der Waals surface area contributed by atoms with Gasteiger partial charge in [0, 0.05) is 11.4 Å². The Labute approximate surface area is 147 Å². The van der Waals surface area contributed by atoms with Crippen LogP contribution in [0.4, 0.5) is 18.9 Å². The third-order valence-electron chi connectivity index (χ3n) is 3.26. The third kappa shape index (κ3) is 4.97. The minimum absolute atomic E-state index is 0.00834. The number of thioether (sulfide) groups is 1. The van der Waals surface area contributed by atoms with Gasteiger partial charge in [-0.15, -0.1) is 0 Å². The molecule has 8 heteroatoms. The van der Waals surface area contributed by atoms with Crippen LogP contribution in [0.5, 0.6) is 0 Å². The first-order chi connectivity index (χ1) is 11.7. The van der Waals surface area contributed by atoms with Gasteiger partial charge in [-0.3, -0.25) is 4.79 Å². The summed E-state index contributed by atoms with van der Waals surface area (Å²) in [5.74, 6) is -0.402. The number of hydrogen-bond donors (Lipinski definition) is 1. The van der Waals surface area contributed by atoms with E-state index < -0.39 is 17.6 Å². The quantitative estimate of drug-likeness (QED) is 0.820. The fraction of sp³-hybridized carbons (Fsp3) is 0.235. The Bertz CT molecular complexity index is 827. The molecule has 0 fully saturated rings. The number of nitrogens with zero attached hydrogens (tertiary/aromatic N) is 2. The molecule has 0 bridgehead atoms. The SMILES string of the molecule is Cc1cc(C)c(C#N)c(SCC(=O)Nc2ccc(C(F)(F)F)cc2)n1. The molecule has 1 aromatic carbocycles. The average Bonchev–Trinajstić information content (AvgIpc) is 2.52. The summed E-state index contributed by atoms with van der Waals surface area (Å²) in [6.45, 7) is 3.58. The van der Waals surface area contributed by atoms with E-state index in [4.69, 9.17) is 0 Å². The normalized spacial score (nSPS) is 11.0. The number of nitrogens with one attached hydrogen (secondary N) is 1. The van der Waals surface area contributed by atoms with Gasteiger partial charge < -0.3 is 5.32 Å². The zero-order chi connectivity index (χ0) is 18.6. The molecule has 0 spiro atoms. The highest BCUT2D eigenvalue weighted by Gasteiger charge is 2.29. The molecule has 1 N–H and O–H groups in total. The number of pyridine rings is 1. The number of anilines is 1. The topological polar surface area (TPSA) is 65.8 Å². The van der Waals surface area contributed by atoms with Crippen molar-refractivity contribution in [2.75, 3.05) is 11.1 Å². The van der Waals surface area contributed by atoms with E-state index in [1.165, 1.54) is 12.1 Å². The van der Waals surface area contributed by atoms with Gasteiger partial charge in [0.25, 0.3) is 0 Å². The number of carbonyl (C=O) groups is 1. The summed E-state index contributed by atoms with van der Waals surface area (Å²) >= 11 is 1.11. The smallest absolute Gasteiger partial charge is 0.325 e. The Morgan fingerprint density at radius 3 is 2.48 bits per heavy atom. The van der Waals surface area contributed by atoms with Gasteiger partial charge in [-0.05, 0) is 49.7 Å². The molecule has 0 saturated heterocycles. The molecule has 0 saturated carbocycles. The molecular weight excluding hydrogens is 351 g/mol. The summed E-state index contributed by atoms with van der Waals surface area (Å²) in [6, 6.07) is 8.05. The molecule has 0 aliphatic heterocycles. The molecule has 4 nitrogen and oxygen atoms in total. The highest BCUT2D eigenvalue weighted by atomic mass is 32.2. The molecule has 2 rings (SSSR count). The van der Waals surface area contributed by atoms with E-state index in [2.05, 4.69) is 16.4 Å². The monoisotopic (exact) mass is 365 g/mol. The van der Waals surface area contributed by atoms with E-state index in [9.17, 15) is 23.2 Å². The van der Waals surface area contributed by atoms with Crippen molar-refractivity contribution in [1.82, 2.24) is 4.98 Å². The predicted octanol–water partition coefficient (Wildman–Crippen LogP) is 4.32. The predicted molar refractivity (Wildman–Crippen MR) is 89.2 cm³/mol. The lowest BCUT2D eigenvalue weighted by atomic mass is 10.1. The Balaban J connectivity index is 2.01. The highest BCUT2D eigenvalue weighted by molar-refractivity contribution is 8.00. The van der Waals surface area contributed by atoms with Crippen LogP contribution in [0, 0.1) is 25.2 Å². The van der Waals surface area contributed by atoms with E-state index in [1.807, 2.05) is 0 Å². The van der Waals surface area contributed by atoms with Crippen molar-refractivity contribution < 1.29 is 18.0 Å². The standard InChI is InChI=1S/C17H14F3N3OS/c1-10-7-11(2)22-16(14(10)8-21)25-9-15(24)23-13-5-3-12(4-6-13)17(18,19)20/h3-7H,9H2,1-2H3,(H,23,24). The number of carbonyl (C=O) groups excluding carboxylic acids is 1. The van der Waals surface area contributed by atoms with Gasteiger partial charge in [-0.1, -0.05) is 11.8 Å². The van der Waals surface area contributed by atoms with E-state index in [0.29, 0.717) is 10.6 Å². The second-order valence-electron chi connectivity index (χ2n) is 5.28. The minimum Gasteiger partial charge on any atom is -0.325 e. The molecule has 130 valence electrons. The number of benzene rings is 1. The van der Waals surface area contributed by atoms with Crippen molar-refractivity contribution in [3.05, 3.63) is 52.7 Å². The fourth-order valence-corrected chi connectivity index (χ4v) is 3.02. The van der Waals surface area contributed by atoms with E-state index in [1.54, 1.807) is 19.9 Å². The Kier molecular flexibility index (Phi) is 5.69. The largest absolute Gasteiger partial charge is 0.416 e. The molecular formula is C17H14F3N3OS. The van der Waals surface area contributed by atoms with Crippen LogP contribution in [0.3, 0.4) is 0 Å². The Morgan fingerprint density at radius 1 is 1.28 bits per heavy atom. The lowest BCUT2D eigenvalue weighted by Gasteiger charge is -2.09. The van der Waals surface area contributed by atoms with E-state index in [-0.39, 0.29) is 11.4 Å². The van der Waals surface area contributed by atoms with Gasteiger partial charge >= 0.3 is 6.18 Å². The second kappa shape index (κ2) is 7.57. The molecule has 0 aliphatic carbocycles. The van der Waals surface area contributed by atoms with Crippen LogP contribution >= 0.6 is 11.8 Å². The number of alkyl halides is 3. The van der Waals surface area contributed by atoms with Crippen LogP contribution in [-0.4, -0.2) is 16.6 Å². The van der Waals surface area contributed by atoms with Gasteiger partial charge in [0.15, 0.2) is 0 Å². The zero-order valence-corrected chi connectivity index (χ0v) is 14.3. The van der Waals surface area contributed by atoms with Gasteiger partial charge in [0.05, 0.1) is 16.9 Å². The number of rotatable bonds is 4. The zero-order valence-electron chi connectivity index (χ0n) is 13.4. The van der Waals surface area contributed by atoms with Crippen molar-refractivity contribution >= 4 is 23.4 Å². The summed E-state index contributed by atoms with van der Waals surface area (Å²) in [7, 11) is 0. The first kappa shape index (κ1) is 18.8. The molecule has 2 aromatic rings. The number of aryl methyl sites for hydroxylation is 2. The first-order valence-electron chi connectivity index (χ1n) is 7.19. The van der Waals surface area contributed by atoms with Gasteiger partial charge in [0.2, 0.25) is 5.91 Å². The maximum atomic E-state index is 12.5.